The van der Waals surface area contributed by atoms with Crippen molar-refractivity contribution in [3.63, 3.8) is 0 Å². The van der Waals surface area contributed by atoms with Crippen molar-refractivity contribution in [1.29, 1.82) is 0 Å². The molecule has 96 valence electrons. The van der Waals surface area contributed by atoms with Gasteiger partial charge >= 0.3 is 0 Å². The second-order valence-electron chi connectivity index (χ2n) is 5.11. The van der Waals surface area contributed by atoms with E-state index < -0.39 is 0 Å². The molecule has 0 atom stereocenters. The molecule has 2 aromatic carbocycles. The number of aromatic nitrogens is 1. The maximum atomic E-state index is 2.43. The van der Waals surface area contributed by atoms with E-state index in [4.69, 9.17) is 0 Å². The van der Waals surface area contributed by atoms with Gasteiger partial charge in [0.2, 0.25) is 0 Å². The molecule has 0 bridgehead atoms. The Morgan fingerprint density at radius 2 is 1.74 bits per heavy atom. The summed E-state index contributed by atoms with van der Waals surface area (Å²) in [7, 11) is 0. The highest BCUT2D eigenvalue weighted by Crippen LogP contribution is 2.29. The van der Waals surface area contributed by atoms with E-state index in [2.05, 4.69) is 73.0 Å². The Morgan fingerprint density at radius 1 is 0.947 bits per heavy atom. The lowest BCUT2D eigenvalue weighted by Gasteiger charge is -2.09. The highest BCUT2D eigenvalue weighted by Gasteiger charge is 2.09. The standard InChI is InChI=1S/C18H19N/c1-3-11-19-17-10-9-14(2)12-16(17)13-18(19)15-7-5-4-6-8-15/h4-10,12-13H,3,11H2,1-2H3. The Hall–Kier alpha value is -2.02. The molecule has 3 rings (SSSR count). The van der Waals surface area contributed by atoms with Crippen molar-refractivity contribution in [2.75, 3.05) is 0 Å². The first-order valence-corrected chi connectivity index (χ1v) is 6.95. The fraction of sp³-hybridized carbons (Fsp3) is 0.222. The molecule has 3 aromatic rings. The maximum absolute atomic E-state index is 2.43. The first kappa shape index (κ1) is 12.0. The third kappa shape index (κ3) is 2.17. The van der Waals surface area contributed by atoms with Gasteiger partial charge in [-0.1, -0.05) is 48.9 Å². The number of rotatable bonds is 3. The molecule has 0 amide bonds. The molecule has 1 aromatic heterocycles. The second-order valence-corrected chi connectivity index (χ2v) is 5.11. The molecule has 0 saturated heterocycles. The molecule has 0 aliphatic rings. The topological polar surface area (TPSA) is 4.93 Å². The van der Waals surface area contributed by atoms with Gasteiger partial charge < -0.3 is 4.57 Å². The summed E-state index contributed by atoms with van der Waals surface area (Å²) in [5.74, 6) is 0. The fourth-order valence-electron chi connectivity index (χ4n) is 2.70. The van der Waals surface area contributed by atoms with Crippen LogP contribution in [-0.4, -0.2) is 4.57 Å². The van der Waals surface area contributed by atoms with Crippen LogP contribution in [0.3, 0.4) is 0 Å². The number of hydrogen-bond donors (Lipinski definition) is 0. The maximum Gasteiger partial charge on any atom is 0.0491 e. The number of fused-ring (bicyclic) bond motifs is 1. The lowest BCUT2D eigenvalue weighted by atomic mass is 10.1. The summed E-state index contributed by atoms with van der Waals surface area (Å²) in [6, 6.07) is 19.7. The minimum absolute atomic E-state index is 1.07. The van der Waals surface area contributed by atoms with Crippen molar-refractivity contribution < 1.29 is 0 Å². The van der Waals surface area contributed by atoms with E-state index in [0.717, 1.165) is 13.0 Å². The zero-order valence-electron chi connectivity index (χ0n) is 11.6. The number of hydrogen-bond acceptors (Lipinski definition) is 0. The Morgan fingerprint density at radius 3 is 2.47 bits per heavy atom. The molecule has 0 aliphatic carbocycles. The van der Waals surface area contributed by atoms with Crippen LogP contribution in [0, 0.1) is 6.92 Å². The summed E-state index contributed by atoms with van der Waals surface area (Å²) in [5.41, 5.74) is 5.28. The molecule has 0 N–H and O–H groups in total. The summed E-state index contributed by atoms with van der Waals surface area (Å²) in [5, 5.41) is 1.34. The van der Waals surface area contributed by atoms with Crippen LogP contribution in [-0.2, 0) is 6.54 Å². The minimum Gasteiger partial charge on any atom is -0.341 e. The predicted molar refractivity (Wildman–Crippen MR) is 82.4 cm³/mol. The predicted octanol–water partition coefficient (Wildman–Crippen LogP) is 5.03. The van der Waals surface area contributed by atoms with Crippen LogP contribution < -0.4 is 0 Å². The first-order chi connectivity index (χ1) is 9.29. The lowest BCUT2D eigenvalue weighted by Crippen LogP contribution is -1.98. The third-order valence-electron chi connectivity index (χ3n) is 3.57. The van der Waals surface area contributed by atoms with Gasteiger partial charge in [-0.25, -0.2) is 0 Å². The molecule has 1 heterocycles. The van der Waals surface area contributed by atoms with Crippen molar-refractivity contribution in [3.8, 4) is 11.3 Å². The van der Waals surface area contributed by atoms with Crippen molar-refractivity contribution in [1.82, 2.24) is 4.57 Å². The van der Waals surface area contributed by atoms with Gasteiger partial charge in [0.05, 0.1) is 0 Å². The molecule has 0 saturated carbocycles. The van der Waals surface area contributed by atoms with Gasteiger partial charge in [0.15, 0.2) is 0 Å². The van der Waals surface area contributed by atoms with Crippen LogP contribution in [0.1, 0.15) is 18.9 Å². The van der Waals surface area contributed by atoms with Gasteiger partial charge in [0, 0.05) is 23.1 Å². The molecule has 0 aliphatic heterocycles. The van der Waals surface area contributed by atoms with E-state index >= 15 is 0 Å². The number of aryl methyl sites for hydroxylation is 2. The summed E-state index contributed by atoms with van der Waals surface area (Å²) >= 11 is 0. The Labute approximate surface area is 114 Å². The largest absolute Gasteiger partial charge is 0.341 e. The summed E-state index contributed by atoms with van der Waals surface area (Å²) in [6.45, 7) is 5.45. The average molecular weight is 249 g/mol. The Bertz CT molecular complexity index is 692. The van der Waals surface area contributed by atoms with Gasteiger partial charge in [-0.3, -0.25) is 0 Å². The summed E-state index contributed by atoms with van der Waals surface area (Å²) in [4.78, 5) is 0. The van der Waals surface area contributed by atoms with Crippen molar-refractivity contribution >= 4 is 10.9 Å². The molecule has 0 spiro atoms. The van der Waals surface area contributed by atoms with E-state index in [-0.39, 0.29) is 0 Å². The van der Waals surface area contributed by atoms with Crippen molar-refractivity contribution in [2.45, 2.75) is 26.8 Å². The second kappa shape index (κ2) is 4.93. The summed E-state index contributed by atoms with van der Waals surface area (Å²) in [6.07, 6.45) is 1.15. The fourth-order valence-corrected chi connectivity index (χ4v) is 2.70. The van der Waals surface area contributed by atoms with E-state index in [0.29, 0.717) is 0 Å². The van der Waals surface area contributed by atoms with Gasteiger partial charge in [-0.05, 0) is 37.1 Å². The SMILES string of the molecule is CCCn1c(-c2ccccc2)cc2cc(C)ccc21. The van der Waals surface area contributed by atoms with Crippen LogP contribution in [0.5, 0.6) is 0 Å². The first-order valence-electron chi connectivity index (χ1n) is 6.95. The molecule has 0 unspecified atom stereocenters. The van der Waals surface area contributed by atoms with Crippen LogP contribution in [0.15, 0.2) is 54.6 Å². The van der Waals surface area contributed by atoms with Crippen LogP contribution in [0.25, 0.3) is 22.2 Å². The van der Waals surface area contributed by atoms with Gasteiger partial charge in [0.25, 0.3) is 0 Å². The quantitative estimate of drug-likeness (QED) is 0.613. The minimum atomic E-state index is 1.07. The van der Waals surface area contributed by atoms with E-state index in [1.807, 2.05) is 0 Å². The monoisotopic (exact) mass is 249 g/mol. The molecular formula is C18H19N. The van der Waals surface area contributed by atoms with Crippen molar-refractivity contribution in [3.05, 3.63) is 60.2 Å². The van der Waals surface area contributed by atoms with Gasteiger partial charge in [-0.2, -0.15) is 0 Å². The normalized spacial score (nSPS) is 11.1. The third-order valence-corrected chi connectivity index (χ3v) is 3.57. The zero-order chi connectivity index (χ0) is 13.2. The molecule has 0 fully saturated rings. The molecule has 1 nitrogen and oxygen atoms in total. The average Bonchev–Trinajstić information content (AvgIpc) is 2.78. The molecule has 0 radical (unpaired) electrons. The molecule has 1 heteroatoms. The van der Waals surface area contributed by atoms with E-state index in [1.165, 1.54) is 27.7 Å². The highest BCUT2D eigenvalue weighted by atomic mass is 15.0. The smallest absolute Gasteiger partial charge is 0.0491 e. The number of benzene rings is 2. The molecular weight excluding hydrogens is 230 g/mol. The summed E-state index contributed by atoms with van der Waals surface area (Å²) < 4.78 is 2.43. The Kier molecular flexibility index (Phi) is 3.12. The highest BCUT2D eigenvalue weighted by molar-refractivity contribution is 5.87. The van der Waals surface area contributed by atoms with Gasteiger partial charge in [0.1, 0.15) is 0 Å². The van der Waals surface area contributed by atoms with Gasteiger partial charge in [-0.15, -0.1) is 0 Å². The van der Waals surface area contributed by atoms with Crippen LogP contribution in [0.4, 0.5) is 0 Å². The van der Waals surface area contributed by atoms with Crippen LogP contribution in [0.2, 0.25) is 0 Å². The number of nitrogens with zero attached hydrogens (tertiary/aromatic N) is 1. The van der Waals surface area contributed by atoms with Crippen molar-refractivity contribution in [2.24, 2.45) is 0 Å². The van der Waals surface area contributed by atoms with Crippen LogP contribution >= 0.6 is 0 Å². The molecule has 19 heavy (non-hydrogen) atoms. The Balaban J connectivity index is 2.26. The lowest BCUT2D eigenvalue weighted by molar-refractivity contribution is 0.709. The van der Waals surface area contributed by atoms with E-state index in [1.54, 1.807) is 0 Å². The van der Waals surface area contributed by atoms with E-state index in [9.17, 15) is 0 Å². The zero-order valence-corrected chi connectivity index (χ0v) is 11.6.